The highest BCUT2D eigenvalue weighted by Gasteiger charge is 2.26. The van der Waals surface area contributed by atoms with Crippen LogP contribution in [0.4, 0.5) is 5.82 Å². The van der Waals surface area contributed by atoms with Gasteiger partial charge in [0, 0.05) is 18.9 Å². The molecule has 6 nitrogen and oxygen atoms in total. The Labute approximate surface area is 135 Å². The highest BCUT2D eigenvalue weighted by Crippen LogP contribution is 2.30. The molecule has 1 aliphatic carbocycles. The standard InChI is InChI=1S/C17H21N5O/c1-3-16-21-22-17(23-16)9-12-4-6-14(8-12)20-15-7-5-13(10-18)11(2)19-15/h5,7,12,14H,3-4,6,8-9H2,1-2H3,(H,19,20)/t12-,14+/m1/s1. The van der Waals surface area contributed by atoms with Crippen LogP contribution in [0.15, 0.2) is 16.5 Å². The summed E-state index contributed by atoms with van der Waals surface area (Å²) in [6.07, 6.45) is 4.97. The molecule has 2 aromatic heterocycles. The molecule has 1 N–H and O–H groups in total. The van der Waals surface area contributed by atoms with Crippen molar-refractivity contribution in [1.29, 1.82) is 5.26 Å². The minimum absolute atomic E-state index is 0.411. The number of hydrogen-bond donors (Lipinski definition) is 1. The molecule has 3 rings (SSSR count). The average Bonchev–Trinajstić information content (AvgIpc) is 3.17. The lowest BCUT2D eigenvalue weighted by atomic mass is 10.0. The predicted octanol–water partition coefficient (Wildman–Crippen LogP) is 3.03. The molecule has 1 aliphatic rings. The maximum Gasteiger partial charge on any atom is 0.216 e. The van der Waals surface area contributed by atoms with Crippen molar-refractivity contribution in [1.82, 2.24) is 15.2 Å². The largest absolute Gasteiger partial charge is 0.425 e. The van der Waals surface area contributed by atoms with Crippen molar-refractivity contribution in [2.24, 2.45) is 5.92 Å². The molecule has 2 heterocycles. The molecule has 1 fully saturated rings. The van der Waals surface area contributed by atoms with E-state index >= 15 is 0 Å². The summed E-state index contributed by atoms with van der Waals surface area (Å²) in [7, 11) is 0. The molecule has 2 atom stereocenters. The topological polar surface area (TPSA) is 87.6 Å². The first-order chi connectivity index (χ1) is 11.2. The average molecular weight is 311 g/mol. The summed E-state index contributed by atoms with van der Waals surface area (Å²) in [6.45, 7) is 3.88. The van der Waals surface area contributed by atoms with Crippen LogP contribution in [0.1, 0.15) is 49.2 Å². The Balaban J connectivity index is 1.55. The van der Waals surface area contributed by atoms with Crippen LogP contribution in [0.25, 0.3) is 0 Å². The van der Waals surface area contributed by atoms with Crippen LogP contribution in [0.2, 0.25) is 0 Å². The molecule has 0 spiro atoms. The molecule has 0 aromatic carbocycles. The van der Waals surface area contributed by atoms with Gasteiger partial charge in [0.1, 0.15) is 11.9 Å². The van der Waals surface area contributed by atoms with Crippen molar-refractivity contribution in [2.75, 3.05) is 5.32 Å². The summed E-state index contributed by atoms with van der Waals surface area (Å²) < 4.78 is 5.60. The van der Waals surface area contributed by atoms with Crippen molar-refractivity contribution >= 4 is 5.82 Å². The summed E-state index contributed by atoms with van der Waals surface area (Å²) in [5.74, 6) is 2.88. The van der Waals surface area contributed by atoms with Gasteiger partial charge in [-0.1, -0.05) is 6.92 Å². The second kappa shape index (κ2) is 6.78. The predicted molar refractivity (Wildman–Crippen MR) is 85.8 cm³/mol. The van der Waals surface area contributed by atoms with Crippen LogP contribution in [0.5, 0.6) is 0 Å². The monoisotopic (exact) mass is 311 g/mol. The fraction of sp³-hybridized carbons (Fsp3) is 0.529. The third-order valence-electron chi connectivity index (χ3n) is 4.37. The normalized spacial score (nSPS) is 20.4. The molecule has 0 saturated heterocycles. The van der Waals surface area contributed by atoms with E-state index < -0.39 is 0 Å². The zero-order valence-electron chi connectivity index (χ0n) is 13.5. The number of nitrogens with one attached hydrogen (secondary N) is 1. The smallest absolute Gasteiger partial charge is 0.216 e. The van der Waals surface area contributed by atoms with Crippen molar-refractivity contribution in [3.63, 3.8) is 0 Å². The van der Waals surface area contributed by atoms with E-state index in [1.165, 1.54) is 0 Å². The van der Waals surface area contributed by atoms with Crippen LogP contribution in [0, 0.1) is 24.2 Å². The molecule has 0 amide bonds. The number of aryl methyl sites for hydroxylation is 2. The van der Waals surface area contributed by atoms with E-state index in [1.807, 2.05) is 26.0 Å². The van der Waals surface area contributed by atoms with E-state index in [9.17, 15) is 0 Å². The SMILES string of the molecule is CCc1nnc(C[C@@H]2CC[C@H](Nc3ccc(C#N)c(C)n3)C2)o1. The van der Waals surface area contributed by atoms with Crippen LogP contribution in [0.3, 0.4) is 0 Å². The second-order valence-electron chi connectivity index (χ2n) is 6.11. The molecule has 0 bridgehead atoms. The van der Waals surface area contributed by atoms with Gasteiger partial charge in [0.2, 0.25) is 11.8 Å². The van der Waals surface area contributed by atoms with Crippen molar-refractivity contribution in [3.05, 3.63) is 35.2 Å². The van der Waals surface area contributed by atoms with E-state index in [0.29, 0.717) is 23.4 Å². The Bertz CT molecular complexity index is 718. The molecule has 0 aliphatic heterocycles. The number of anilines is 1. The number of rotatable bonds is 5. The Morgan fingerprint density at radius 2 is 2.13 bits per heavy atom. The Hall–Kier alpha value is -2.42. The summed E-state index contributed by atoms with van der Waals surface area (Å²) in [4.78, 5) is 4.46. The van der Waals surface area contributed by atoms with Crippen LogP contribution in [-0.4, -0.2) is 21.2 Å². The Kier molecular flexibility index (Phi) is 4.56. The molecule has 0 radical (unpaired) electrons. The molecule has 2 aromatic rings. The zero-order chi connectivity index (χ0) is 16.2. The third kappa shape index (κ3) is 3.67. The lowest BCUT2D eigenvalue weighted by Gasteiger charge is -2.14. The highest BCUT2D eigenvalue weighted by molar-refractivity contribution is 5.43. The minimum Gasteiger partial charge on any atom is -0.425 e. The van der Waals surface area contributed by atoms with Gasteiger partial charge in [-0.2, -0.15) is 5.26 Å². The molecule has 0 unspecified atom stereocenters. The molecule has 23 heavy (non-hydrogen) atoms. The van der Waals surface area contributed by atoms with Crippen LogP contribution in [-0.2, 0) is 12.8 Å². The van der Waals surface area contributed by atoms with E-state index in [-0.39, 0.29) is 0 Å². The number of nitrogens with zero attached hydrogens (tertiary/aromatic N) is 4. The first kappa shape index (κ1) is 15.5. The summed E-state index contributed by atoms with van der Waals surface area (Å²) in [6, 6.07) is 6.25. The minimum atomic E-state index is 0.411. The van der Waals surface area contributed by atoms with Crippen LogP contribution < -0.4 is 5.32 Å². The number of pyridine rings is 1. The Morgan fingerprint density at radius 3 is 2.83 bits per heavy atom. The molecule has 1 saturated carbocycles. The van der Waals surface area contributed by atoms with Gasteiger partial charge in [-0.15, -0.1) is 10.2 Å². The molecular weight excluding hydrogens is 290 g/mol. The quantitative estimate of drug-likeness (QED) is 0.913. The van der Waals surface area contributed by atoms with E-state index in [0.717, 1.165) is 49.5 Å². The maximum absolute atomic E-state index is 8.96. The van der Waals surface area contributed by atoms with Crippen molar-refractivity contribution < 1.29 is 4.42 Å². The first-order valence-electron chi connectivity index (χ1n) is 8.13. The van der Waals surface area contributed by atoms with E-state index in [2.05, 4.69) is 26.6 Å². The highest BCUT2D eigenvalue weighted by atomic mass is 16.4. The number of aromatic nitrogens is 3. The first-order valence-corrected chi connectivity index (χ1v) is 8.13. The molecular formula is C17H21N5O. The van der Waals surface area contributed by atoms with Crippen LogP contribution >= 0.6 is 0 Å². The number of nitriles is 1. The summed E-state index contributed by atoms with van der Waals surface area (Å²) in [5, 5.41) is 20.6. The van der Waals surface area contributed by atoms with Gasteiger partial charge in [-0.3, -0.25) is 0 Å². The Morgan fingerprint density at radius 1 is 1.30 bits per heavy atom. The fourth-order valence-electron chi connectivity index (χ4n) is 3.12. The third-order valence-corrected chi connectivity index (χ3v) is 4.37. The lowest BCUT2D eigenvalue weighted by Crippen LogP contribution is -2.17. The summed E-state index contributed by atoms with van der Waals surface area (Å²) >= 11 is 0. The zero-order valence-corrected chi connectivity index (χ0v) is 13.5. The lowest BCUT2D eigenvalue weighted by molar-refractivity contribution is 0.409. The van der Waals surface area contributed by atoms with Gasteiger partial charge in [0.15, 0.2) is 0 Å². The molecule has 120 valence electrons. The molecule has 6 heteroatoms. The van der Waals surface area contributed by atoms with Gasteiger partial charge >= 0.3 is 0 Å². The second-order valence-corrected chi connectivity index (χ2v) is 6.11. The van der Waals surface area contributed by atoms with Gasteiger partial charge in [-0.05, 0) is 44.2 Å². The van der Waals surface area contributed by atoms with Gasteiger partial charge in [-0.25, -0.2) is 4.98 Å². The van der Waals surface area contributed by atoms with Gasteiger partial charge in [0.05, 0.1) is 11.3 Å². The maximum atomic E-state index is 8.96. The van der Waals surface area contributed by atoms with Crippen molar-refractivity contribution in [2.45, 2.75) is 52.0 Å². The van der Waals surface area contributed by atoms with Crippen molar-refractivity contribution in [3.8, 4) is 6.07 Å². The fourth-order valence-corrected chi connectivity index (χ4v) is 3.12. The van der Waals surface area contributed by atoms with E-state index in [4.69, 9.17) is 9.68 Å². The van der Waals surface area contributed by atoms with E-state index in [1.54, 1.807) is 0 Å². The van der Waals surface area contributed by atoms with Gasteiger partial charge < -0.3 is 9.73 Å². The van der Waals surface area contributed by atoms with Gasteiger partial charge in [0.25, 0.3) is 0 Å². The summed E-state index contributed by atoms with van der Waals surface area (Å²) in [5.41, 5.74) is 1.40. The number of hydrogen-bond acceptors (Lipinski definition) is 6.